The van der Waals surface area contributed by atoms with Crippen molar-refractivity contribution in [1.82, 2.24) is 10.6 Å². The topological polar surface area (TPSA) is 78.4 Å². The molecule has 0 bridgehead atoms. The summed E-state index contributed by atoms with van der Waals surface area (Å²) in [5, 5.41) is 15.2. The van der Waals surface area contributed by atoms with Crippen LogP contribution in [0.5, 0.6) is 0 Å². The first kappa shape index (κ1) is 17.1. The Kier molecular flexibility index (Phi) is 6.17. The average Bonchev–Trinajstić information content (AvgIpc) is 2.35. The highest BCUT2D eigenvalue weighted by molar-refractivity contribution is 7.99. The van der Waals surface area contributed by atoms with E-state index >= 15 is 0 Å². The van der Waals surface area contributed by atoms with Gasteiger partial charge in [-0.3, -0.25) is 0 Å². The predicted octanol–water partition coefficient (Wildman–Crippen LogP) is 2.46. The third-order valence-electron chi connectivity index (χ3n) is 3.71. The van der Waals surface area contributed by atoms with Crippen molar-refractivity contribution in [3.05, 3.63) is 0 Å². The molecule has 1 rings (SSSR count). The molecule has 116 valence electrons. The van der Waals surface area contributed by atoms with Crippen molar-refractivity contribution < 1.29 is 14.7 Å². The zero-order valence-corrected chi connectivity index (χ0v) is 13.5. The molecular formula is C14H26N2O3S. The molecule has 0 radical (unpaired) electrons. The van der Waals surface area contributed by atoms with Crippen LogP contribution in [0.2, 0.25) is 0 Å². The van der Waals surface area contributed by atoms with E-state index in [1.807, 2.05) is 0 Å². The van der Waals surface area contributed by atoms with Crippen LogP contribution in [0.25, 0.3) is 0 Å². The van der Waals surface area contributed by atoms with Crippen LogP contribution in [-0.2, 0) is 4.79 Å². The Morgan fingerprint density at radius 1 is 1.25 bits per heavy atom. The van der Waals surface area contributed by atoms with Crippen molar-refractivity contribution in [2.45, 2.75) is 63.8 Å². The van der Waals surface area contributed by atoms with Gasteiger partial charge in [-0.15, -0.1) is 0 Å². The van der Waals surface area contributed by atoms with Gasteiger partial charge in [-0.25, -0.2) is 9.59 Å². The smallest absolute Gasteiger partial charge is 0.326 e. The van der Waals surface area contributed by atoms with E-state index in [2.05, 4.69) is 16.9 Å². The van der Waals surface area contributed by atoms with E-state index < -0.39 is 17.4 Å². The van der Waals surface area contributed by atoms with E-state index in [4.69, 9.17) is 0 Å². The van der Waals surface area contributed by atoms with Crippen molar-refractivity contribution >= 4 is 23.8 Å². The molecule has 0 saturated heterocycles. The van der Waals surface area contributed by atoms with Crippen LogP contribution in [0.4, 0.5) is 4.79 Å². The summed E-state index contributed by atoms with van der Waals surface area (Å²) in [6.45, 7) is 5.41. The first-order valence-corrected chi connectivity index (χ1v) is 8.37. The maximum atomic E-state index is 12.0. The summed E-state index contributed by atoms with van der Waals surface area (Å²) in [4.78, 5) is 23.3. The fraction of sp³-hybridized carbons (Fsp3) is 0.857. The summed E-state index contributed by atoms with van der Waals surface area (Å²) in [6.07, 6.45) is 6.44. The lowest BCUT2D eigenvalue weighted by Gasteiger charge is -2.33. The lowest BCUT2D eigenvalue weighted by Crippen LogP contribution is -2.55. The van der Waals surface area contributed by atoms with E-state index in [0.717, 1.165) is 19.3 Å². The fourth-order valence-corrected chi connectivity index (χ4v) is 3.47. The van der Waals surface area contributed by atoms with Crippen LogP contribution in [-0.4, -0.2) is 40.7 Å². The molecular weight excluding hydrogens is 276 g/mol. The minimum absolute atomic E-state index is 0.133. The van der Waals surface area contributed by atoms with Gasteiger partial charge in [0, 0.05) is 11.3 Å². The van der Waals surface area contributed by atoms with Gasteiger partial charge in [-0.05, 0) is 24.5 Å². The van der Waals surface area contributed by atoms with E-state index in [9.17, 15) is 14.7 Å². The number of nitrogens with one attached hydrogen (secondary N) is 2. The standard InChI is InChI=1S/C14H26N2O3S/c1-14(2,3)11(12(17)18)16-13(19)15-9-7-5-6-8-10(9)20-4/h9-11H,5-8H2,1-4H3,(H,17,18)(H2,15,16,19)/t9?,10?,11-/m0/s1. The molecule has 1 fully saturated rings. The van der Waals surface area contributed by atoms with E-state index in [-0.39, 0.29) is 12.1 Å². The minimum atomic E-state index is -1.00. The molecule has 1 saturated carbocycles. The third-order valence-corrected chi connectivity index (χ3v) is 4.88. The third kappa shape index (κ3) is 4.89. The van der Waals surface area contributed by atoms with Crippen LogP contribution in [0, 0.1) is 5.41 Å². The van der Waals surface area contributed by atoms with Gasteiger partial charge in [0.25, 0.3) is 0 Å². The molecule has 1 aliphatic carbocycles. The Labute approximate surface area is 125 Å². The number of hydrogen-bond donors (Lipinski definition) is 3. The normalized spacial score (nSPS) is 24.8. The van der Waals surface area contributed by atoms with Crippen LogP contribution in [0.3, 0.4) is 0 Å². The zero-order chi connectivity index (χ0) is 15.3. The number of amides is 2. The summed E-state index contributed by atoms with van der Waals surface area (Å²) in [5.74, 6) is -1.00. The van der Waals surface area contributed by atoms with E-state index in [1.165, 1.54) is 6.42 Å². The molecule has 0 aromatic rings. The zero-order valence-electron chi connectivity index (χ0n) is 12.7. The highest BCUT2D eigenvalue weighted by Crippen LogP contribution is 2.27. The summed E-state index contributed by atoms with van der Waals surface area (Å²) in [5.41, 5.74) is -0.519. The van der Waals surface area contributed by atoms with Crippen LogP contribution >= 0.6 is 11.8 Å². The largest absolute Gasteiger partial charge is 0.480 e. The Morgan fingerprint density at radius 2 is 1.85 bits per heavy atom. The molecule has 1 aliphatic rings. The molecule has 20 heavy (non-hydrogen) atoms. The lowest BCUT2D eigenvalue weighted by molar-refractivity contribution is -0.141. The molecule has 5 nitrogen and oxygen atoms in total. The Morgan fingerprint density at radius 3 is 2.35 bits per heavy atom. The molecule has 0 aliphatic heterocycles. The molecule has 3 atom stereocenters. The second-order valence-electron chi connectivity index (χ2n) is 6.42. The van der Waals surface area contributed by atoms with Crippen LogP contribution < -0.4 is 10.6 Å². The molecule has 2 amide bonds. The van der Waals surface area contributed by atoms with Crippen molar-refractivity contribution in [2.24, 2.45) is 5.41 Å². The molecule has 0 heterocycles. The number of carboxylic acids is 1. The monoisotopic (exact) mass is 302 g/mol. The minimum Gasteiger partial charge on any atom is -0.480 e. The van der Waals surface area contributed by atoms with Crippen LogP contribution in [0.15, 0.2) is 0 Å². The SMILES string of the molecule is CSC1CCCCC1NC(=O)N[C@@H](C(=O)O)C(C)(C)C. The highest BCUT2D eigenvalue weighted by Gasteiger charge is 2.34. The first-order valence-electron chi connectivity index (χ1n) is 7.08. The fourth-order valence-electron chi connectivity index (χ4n) is 2.53. The summed E-state index contributed by atoms with van der Waals surface area (Å²) < 4.78 is 0. The number of aliphatic carboxylic acids is 1. The van der Waals surface area contributed by atoms with Gasteiger partial charge in [-0.1, -0.05) is 33.6 Å². The molecule has 0 aromatic carbocycles. The quantitative estimate of drug-likeness (QED) is 0.745. The van der Waals surface area contributed by atoms with Gasteiger partial charge in [0.05, 0.1) is 0 Å². The highest BCUT2D eigenvalue weighted by atomic mass is 32.2. The number of hydrogen-bond acceptors (Lipinski definition) is 3. The van der Waals surface area contributed by atoms with Gasteiger partial charge >= 0.3 is 12.0 Å². The average molecular weight is 302 g/mol. The Bertz CT molecular complexity index is 355. The second kappa shape index (κ2) is 7.20. The summed E-state index contributed by atoms with van der Waals surface area (Å²) in [6, 6.07) is -1.13. The Balaban J connectivity index is 2.59. The number of thioether (sulfide) groups is 1. The number of carbonyl (C=O) groups is 2. The van der Waals surface area contributed by atoms with Gasteiger partial charge in [0.2, 0.25) is 0 Å². The van der Waals surface area contributed by atoms with Gasteiger partial charge in [0.1, 0.15) is 6.04 Å². The van der Waals surface area contributed by atoms with Gasteiger partial charge in [0.15, 0.2) is 0 Å². The van der Waals surface area contributed by atoms with Crippen LogP contribution in [0.1, 0.15) is 46.5 Å². The number of rotatable bonds is 4. The summed E-state index contributed by atoms with van der Waals surface area (Å²) >= 11 is 1.77. The lowest BCUT2D eigenvalue weighted by atomic mass is 9.87. The number of carboxylic acid groups (broad SMARTS) is 1. The number of urea groups is 1. The van der Waals surface area contributed by atoms with Crippen molar-refractivity contribution in [3.63, 3.8) is 0 Å². The Hall–Kier alpha value is -0.910. The number of carbonyl (C=O) groups excluding carboxylic acids is 1. The summed E-state index contributed by atoms with van der Waals surface area (Å²) in [7, 11) is 0. The van der Waals surface area contributed by atoms with E-state index in [1.54, 1.807) is 32.5 Å². The maximum Gasteiger partial charge on any atom is 0.326 e. The molecule has 6 heteroatoms. The first-order chi connectivity index (χ1) is 9.25. The van der Waals surface area contributed by atoms with Crippen molar-refractivity contribution in [3.8, 4) is 0 Å². The van der Waals surface area contributed by atoms with E-state index in [0.29, 0.717) is 5.25 Å². The second-order valence-corrected chi connectivity index (χ2v) is 7.50. The van der Waals surface area contributed by atoms with Gasteiger partial charge < -0.3 is 15.7 Å². The molecule has 0 spiro atoms. The molecule has 0 aromatic heterocycles. The van der Waals surface area contributed by atoms with Crippen molar-refractivity contribution in [2.75, 3.05) is 6.26 Å². The maximum absolute atomic E-state index is 12.0. The van der Waals surface area contributed by atoms with Crippen molar-refractivity contribution in [1.29, 1.82) is 0 Å². The predicted molar refractivity (Wildman–Crippen MR) is 82.1 cm³/mol. The molecule has 2 unspecified atom stereocenters. The molecule has 3 N–H and O–H groups in total. The van der Waals surface area contributed by atoms with Gasteiger partial charge in [-0.2, -0.15) is 11.8 Å².